The van der Waals surface area contributed by atoms with Gasteiger partial charge in [0, 0.05) is 52.5 Å². The summed E-state index contributed by atoms with van der Waals surface area (Å²) in [7, 11) is 3.62. The predicted molar refractivity (Wildman–Crippen MR) is 133 cm³/mol. The van der Waals surface area contributed by atoms with E-state index in [2.05, 4.69) is 94.9 Å². The van der Waals surface area contributed by atoms with Gasteiger partial charge >= 0.3 is 0 Å². The third-order valence-electron chi connectivity index (χ3n) is 5.10. The molecule has 0 saturated carbocycles. The molecule has 2 heterocycles. The van der Waals surface area contributed by atoms with Crippen LogP contribution in [0.1, 0.15) is 26.0 Å². The Hall–Kier alpha value is -2.57. The second-order valence-electron chi connectivity index (χ2n) is 7.32. The molecule has 0 bridgehead atoms. The van der Waals surface area contributed by atoms with E-state index in [-0.39, 0.29) is 0 Å². The molecular weight excluding hydrogens is 372 g/mol. The first-order chi connectivity index (χ1) is 14.6. The Morgan fingerprint density at radius 1 is 1.27 bits per heavy atom. The lowest BCUT2D eigenvalue weighted by atomic mass is 10.0. The van der Waals surface area contributed by atoms with E-state index in [1.54, 1.807) is 0 Å². The number of aryl methyl sites for hydroxylation is 1. The number of rotatable bonds is 7. The second-order valence-corrected chi connectivity index (χ2v) is 7.32. The van der Waals surface area contributed by atoms with E-state index in [0.717, 1.165) is 57.0 Å². The fourth-order valence-corrected chi connectivity index (χ4v) is 3.63. The van der Waals surface area contributed by atoms with Crippen LogP contribution in [0.3, 0.4) is 0 Å². The van der Waals surface area contributed by atoms with Gasteiger partial charge in [-0.3, -0.25) is 4.99 Å². The molecule has 164 valence electrons. The molecule has 1 aromatic heterocycles. The molecular formula is C24H38N6. The average Bonchev–Trinajstić information content (AvgIpc) is 3.09. The van der Waals surface area contributed by atoms with Crippen molar-refractivity contribution in [3.63, 3.8) is 0 Å². The van der Waals surface area contributed by atoms with E-state index >= 15 is 0 Å². The lowest BCUT2D eigenvalue weighted by Gasteiger charge is -2.30. The van der Waals surface area contributed by atoms with Gasteiger partial charge in [-0.15, -0.1) is 0 Å². The largest absolute Gasteiger partial charge is 0.378 e. The van der Waals surface area contributed by atoms with Gasteiger partial charge in [0.1, 0.15) is 0 Å². The molecule has 1 aliphatic heterocycles. The Morgan fingerprint density at radius 3 is 2.67 bits per heavy atom. The SMILES string of the molecule is C=C1C=CC(CNc2cn(C)c(/C=C\C)c2N2CCNCC2)=CC1=NCCC.CN. The highest BCUT2D eigenvalue weighted by Gasteiger charge is 2.20. The fraction of sp³-hybridized carbons (Fsp3) is 0.458. The number of hydrogen-bond donors (Lipinski definition) is 3. The summed E-state index contributed by atoms with van der Waals surface area (Å²) in [5.74, 6) is 0. The lowest BCUT2D eigenvalue weighted by molar-refractivity contribution is 0.589. The maximum absolute atomic E-state index is 4.65. The van der Waals surface area contributed by atoms with Crippen LogP contribution in [-0.2, 0) is 7.05 Å². The number of nitrogens with zero attached hydrogens (tertiary/aromatic N) is 3. The van der Waals surface area contributed by atoms with E-state index in [1.165, 1.54) is 29.7 Å². The van der Waals surface area contributed by atoms with Crippen molar-refractivity contribution in [3.8, 4) is 0 Å². The summed E-state index contributed by atoms with van der Waals surface area (Å²) in [6, 6.07) is 0. The number of piperazine rings is 1. The van der Waals surface area contributed by atoms with Crippen LogP contribution in [0.2, 0.25) is 0 Å². The number of nitrogens with one attached hydrogen (secondary N) is 2. The first-order valence-electron chi connectivity index (χ1n) is 10.9. The third-order valence-corrected chi connectivity index (χ3v) is 5.10. The molecule has 1 aromatic rings. The van der Waals surface area contributed by atoms with Gasteiger partial charge in [0.25, 0.3) is 0 Å². The molecule has 30 heavy (non-hydrogen) atoms. The molecule has 0 unspecified atom stereocenters. The highest BCUT2D eigenvalue weighted by atomic mass is 15.2. The van der Waals surface area contributed by atoms with Crippen molar-refractivity contribution in [3.05, 3.63) is 53.9 Å². The standard InChI is InChI=1S/C23H33N5.CH5N/c1-5-7-22-23(28-13-11-24-12-14-28)21(17-27(22)4)26-16-19-9-8-18(3)20(15-19)25-10-6-2;1-2/h5,7-9,15,17,24,26H,3,6,10-14,16H2,1-2,4H3;2H2,1H3/b7-5-,25-20?;. The van der Waals surface area contributed by atoms with E-state index in [1.807, 2.05) is 0 Å². The average molecular weight is 411 g/mol. The van der Waals surface area contributed by atoms with Gasteiger partial charge in [0.2, 0.25) is 0 Å². The number of nitrogens with two attached hydrogens (primary N) is 1. The van der Waals surface area contributed by atoms with Gasteiger partial charge in [-0.1, -0.05) is 31.7 Å². The lowest BCUT2D eigenvalue weighted by Crippen LogP contribution is -2.44. The Labute approximate surface area is 181 Å². The quantitative estimate of drug-likeness (QED) is 0.645. The second kappa shape index (κ2) is 12.2. The summed E-state index contributed by atoms with van der Waals surface area (Å²) in [5, 5.41) is 7.12. The van der Waals surface area contributed by atoms with Crippen LogP contribution in [0.5, 0.6) is 0 Å². The van der Waals surface area contributed by atoms with Crippen molar-refractivity contribution in [2.75, 3.05) is 56.5 Å². The molecule has 4 N–H and O–H groups in total. The summed E-state index contributed by atoms with van der Waals surface area (Å²) in [4.78, 5) is 7.14. The van der Waals surface area contributed by atoms with Gasteiger partial charge < -0.3 is 25.8 Å². The van der Waals surface area contributed by atoms with Gasteiger partial charge in [0.05, 0.1) is 22.8 Å². The molecule has 1 fully saturated rings. The first-order valence-corrected chi connectivity index (χ1v) is 10.9. The Morgan fingerprint density at radius 2 is 2.00 bits per heavy atom. The van der Waals surface area contributed by atoms with Crippen LogP contribution >= 0.6 is 0 Å². The van der Waals surface area contributed by atoms with Gasteiger partial charge in [-0.2, -0.15) is 0 Å². The predicted octanol–water partition coefficient (Wildman–Crippen LogP) is 3.36. The summed E-state index contributed by atoms with van der Waals surface area (Å²) < 4.78 is 2.21. The topological polar surface area (TPSA) is 70.6 Å². The molecule has 6 heteroatoms. The summed E-state index contributed by atoms with van der Waals surface area (Å²) >= 11 is 0. The smallest absolute Gasteiger partial charge is 0.0858 e. The van der Waals surface area contributed by atoms with Crippen LogP contribution in [0.4, 0.5) is 11.4 Å². The normalized spacial score (nSPS) is 17.9. The molecule has 0 amide bonds. The minimum absolute atomic E-state index is 0.771. The molecule has 0 spiro atoms. The van der Waals surface area contributed by atoms with Crippen molar-refractivity contribution in [2.45, 2.75) is 20.3 Å². The minimum atomic E-state index is 0.771. The van der Waals surface area contributed by atoms with E-state index in [0.29, 0.717) is 0 Å². The zero-order valence-electron chi connectivity index (χ0n) is 19.0. The third kappa shape index (κ3) is 5.97. The maximum atomic E-state index is 4.65. The Kier molecular flexibility index (Phi) is 9.64. The van der Waals surface area contributed by atoms with Crippen LogP contribution in [0.15, 0.2) is 53.2 Å². The zero-order chi connectivity index (χ0) is 21.9. The van der Waals surface area contributed by atoms with Crippen molar-refractivity contribution >= 4 is 23.2 Å². The number of anilines is 2. The molecule has 0 radical (unpaired) electrons. The van der Waals surface area contributed by atoms with Crippen LogP contribution in [-0.4, -0.2) is 56.6 Å². The summed E-state index contributed by atoms with van der Waals surface area (Å²) in [6.07, 6.45) is 13.9. The van der Waals surface area contributed by atoms with Crippen LogP contribution in [0.25, 0.3) is 6.08 Å². The number of hydrogen-bond acceptors (Lipinski definition) is 5. The molecule has 6 nitrogen and oxygen atoms in total. The van der Waals surface area contributed by atoms with Crippen molar-refractivity contribution in [1.29, 1.82) is 0 Å². The summed E-state index contributed by atoms with van der Waals surface area (Å²) in [5.41, 5.74) is 11.5. The van der Waals surface area contributed by atoms with Gasteiger partial charge in [-0.05, 0) is 43.7 Å². The van der Waals surface area contributed by atoms with E-state index in [9.17, 15) is 0 Å². The molecule has 0 atom stereocenters. The van der Waals surface area contributed by atoms with Gasteiger partial charge in [0.15, 0.2) is 0 Å². The van der Waals surface area contributed by atoms with Crippen molar-refractivity contribution < 1.29 is 0 Å². The highest BCUT2D eigenvalue weighted by molar-refractivity contribution is 6.11. The van der Waals surface area contributed by atoms with Gasteiger partial charge in [-0.25, -0.2) is 0 Å². The Bertz CT molecular complexity index is 819. The monoisotopic (exact) mass is 410 g/mol. The molecule has 3 rings (SSSR count). The molecule has 1 saturated heterocycles. The number of allylic oxidation sites excluding steroid dienone is 4. The van der Waals surface area contributed by atoms with Crippen LogP contribution < -0.4 is 21.3 Å². The van der Waals surface area contributed by atoms with E-state index in [4.69, 9.17) is 0 Å². The van der Waals surface area contributed by atoms with E-state index < -0.39 is 0 Å². The fourth-order valence-electron chi connectivity index (χ4n) is 3.63. The molecule has 1 aliphatic carbocycles. The van der Waals surface area contributed by atoms with Crippen molar-refractivity contribution in [2.24, 2.45) is 17.8 Å². The maximum Gasteiger partial charge on any atom is 0.0858 e. The number of aliphatic imine (C=N–C) groups is 1. The molecule has 0 aromatic carbocycles. The summed E-state index contributed by atoms with van der Waals surface area (Å²) in [6.45, 7) is 14.0. The minimum Gasteiger partial charge on any atom is -0.378 e. The zero-order valence-corrected chi connectivity index (χ0v) is 19.0. The van der Waals surface area contributed by atoms with Crippen LogP contribution in [0, 0.1) is 0 Å². The van der Waals surface area contributed by atoms with Crippen molar-refractivity contribution in [1.82, 2.24) is 9.88 Å². The Balaban J connectivity index is 0.00000155. The molecule has 2 aliphatic rings. The number of aromatic nitrogens is 1. The first kappa shape index (κ1) is 23.7. The highest BCUT2D eigenvalue weighted by Crippen LogP contribution is 2.33.